The molecule has 2 aromatic carbocycles. The van der Waals surface area contributed by atoms with E-state index in [1.807, 2.05) is 6.07 Å². The van der Waals surface area contributed by atoms with Crippen molar-refractivity contribution in [2.45, 2.75) is 12.3 Å². The molecule has 6 nitrogen and oxygen atoms in total. The maximum atomic E-state index is 5.65. The second kappa shape index (κ2) is 8.51. The maximum absolute atomic E-state index is 5.65. The first-order valence-corrected chi connectivity index (χ1v) is 9.82. The van der Waals surface area contributed by atoms with Crippen LogP contribution in [-0.4, -0.2) is 48.4 Å². The lowest BCUT2D eigenvalue weighted by molar-refractivity contribution is 0.0565. The van der Waals surface area contributed by atoms with Crippen molar-refractivity contribution < 1.29 is 28.4 Å². The molecule has 0 unspecified atom stereocenters. The van der Waals surface area contributed by atoms with Crippen molar-refractivity contribution in [3.63, 3.8) is 0 Å². The van der Waals surface area contributed by atoms with E-state index >= 15 is 0 Å². The fraction of sp³-hybridized carbons (Fsp3) is 0.478. The normalized spacial score (nSPS) is 22.3. The summed E-state index contributed by atoms with van der Waals surface area (Å²) >= 11 is 0. The van der Waals surface area contributed by atoms with Crippen LogP contribution in [0.4, 0.5) is 0 Å². The van der Waals surface area contributed by atoms with Gasteiger partial charge in [0, 0.05) is 26.7 Å². The van der Waals surface area contributed by atoms with E-state index in [1.165, 1.54) is 16.7 Å². The summed E-state index contributed by atoms with van der Waals surface area (Å²) in [4.78, 5) is 0. The number of methoxy groups -OCH3 is 4. The zero-order valence-electron chi connectivity index (χ0n) is 17.4. The van der Waals surface area contributed by atoms with E-state index in [-0.39, 0.29) is 18.6 Å². The van der Waals surface area contributed by atoms with E-state index in [2.05, 4.69) is 24.3 Å². The molecule has 6 heteroatoms. The molecule has 156 valence electrons. The summed E-state index contributed by atoms with van der Waals surface area (Å²) in [7, 11) is 6.85. The van der Waals surface area contributed by atoms with Gasteiger partial charge in [0.1, 0.15) is 0 Å². The average molecular weight is 400 g/mol. The van der Waals surface area contributed by atoms with Crippen molar-refractivity contribution in [2.75, 3.05) is 48.4 Å². The van der Waals surface area contributed by atoms with Crippen LogP contribution in [-0.2, 0) is 15.9 Å². The number of benzene rings is 2. The third kappa shape index (κ3) is 3.63. The largest absolute Gasteiger partial charge is 0.493 e. The Morgan fingerprint density at radius 1 is 0.862 bits per heavy atom. The molecule has 0 radical (unpaired) electrons. The Morgan fingerprint density at radius 2 is 1.59 bits per heavy atom. The fourth-order valence-corrected chi connectivity index (χ4v) is 4.69. The fourth-order valence-electron chi connectivity index (χ4n) is 4.69. The van der Waals surface area contributed by atoms with Crippen molar-refractivity contribution in [2.24, 2.45) is 11.8 Å². The minimum atomic E-state index is 0.119. The topological polar surface area (TPSA) is 55.4 Å². The first kappa shape index (κ1) is 19.9. The summed E-state index contributed by atoms with van der Waals surface area (Å²) in [5, 5.41) is 0. The van der Waals surface area contributed by atoms with E-state index < -0.39 is 0 Å². The lowest BCUT2D eigenvalue weighted by atomic mass is 9.67. The molecule has 0 aromatic heterocycles. The Bertz CT molecular complexity index is 865. The van der Waals surface area contributed by atoms with Crippen LogP contribution in [0.5, 0.6) is 23.0 Å². The Kier molecular flexibility index (Phi) is 5.83. The van der Waals surface area contributed by atoms with E-state index in [0.29, 0.717) is 19.1 Å². The highest BCUT2D eigenvalue weighted by atomic mass is 16.7. The molecule has 0 bridgehead atoms. The molecule has 0 spiro atoms. The van der Waals surface area contributed by atoms with E-state index in [4.69, 9.17) is 28.4 Å². The van der Waals surface area contributed by atoms with Crippen LogP contribution in [0.2, 0.25) is 0 Å². The van der Waals surface area contributed by atoms with Crippen molar-refractivity contribution in [3.05, 3.63) is 47.0 Å². The Labute approximate surface area is 171 Å². The zero-order chi connectivity index (χ0) is 20.4. The van der Waals surface area contributed by atoms with Gasteiger partial charge in [-0.2, -0.15) is 0 Å². The van der Waals surface area contributed by atoms with Gasteiger partial charge in [0.2, 0.25) is 6.79 Å². The lowest BCUT2D eigenvalue weighted by Crippen LogP contribution is -2.36. The molecule has 1 heterocycles. The van der Waals surface area contributed by atoms with Crippen LogP contribution in [0, 0.1) is 11.8 Å². The predicted octanol–water partition coefficient (Wildman–Crippen LogP) is 3.65. The minimum absolute atomic E-state index is 0.119. The van der Waals surface area contributed by atoms with E-state index in [1.54, 1.807) is 28.4 Å². The summed E-state index contributed by atoms with van der Waals surface area (Å²) in [6.45, 7) is 1.57. The molecule has 29 heavy (non-hydrogen) atoms. The highest BCUT2D eigenvalue weighted by molar-refractivity contribution is 5.54. The summed E-state index contributed by atoms with van der Waals surface area (Å²) in [5.41, 5.74) is 3.65. The molecule has 2 aromatic rings. The first-order chi connectivity index (χ1) is 14.2. The molecule has 0 saturated heterocycles. The molecule has 0 amide bonds. The van der Waals surface area contributed by atoms with Crippen LogP contribution in [0.25, 0.3) is 0 Å². The lowest BCUT2D eigenvalue weighted by Gasteiger charge is -2.40. The van der Waals surface area contributed by atoms with Gasteiger partial charge in [-0.25, -0.2) is 0 Å². The molecule has 3 atom stereocenters. The zero-order valence-corrected chi connectivity index (χ0v) is 17.4. The van der Waals surface area contributed by atoms with Gasteiger partial charge in [0.15, 0.2) is 23.0 Å². The minimum Gasteiger partial charge on any atom is -0.493 e. The molecular weight excluding hydrogens is 372 g/mol. The smallest absolute Gasteiger partial charge is 0.231 e. The van der Waals surface area contributed by atoms with Crippen molar-refractivity contribution in [1.29, 1.82) is 0 Å². The summed E-state index contributed by atoms with van der Waals surface area (Å²) < 4.78 is 33.5. The van der Waals surface area contributed by atoms with Gasteiger partial charge in [0.05, 0.1) is 20.8 Å². The standard InChI is InChI=1S/C23H28O6/c1-24-11-16-7-15-9-20(26-3)21(27-4)10-17(15)23(18(16)12-25-2)14-5-6-19-22(8-14)29-13-28-19/h5-6,8-10,16,18,23H,7,11-13H2,1-4H3/t16-,18-,23-/m1/s1. The van der Waals surface area contributed by atoms with Crippen LogP contribution in [0.1, 0.15) is 22.6 Å². The molecule has 0 saturated carbocycles. The number of hydrogen-bond donors (Lipinski definition) is 0. The molecule has 0 N–H and O–H groups in total. The van der Waals surface area contributed by atoms with Crippen LogP contribution >= 0.6 is 0 Å². The van der Waals surface area contributed by atoms with Crippen molar-refractivity contribution in [1.82, 2.24) is 0 Å². The second-order valence-electron chi connectivity index (χ2n) is 7.54. The second-order valence-corrected chi connectivity index (χ2v) is 7.54. The molecule has 0 fully saturated rings. The quantitative estimate of drug-likeness (QED) is 0.707. The number of ether oxygens (including phenoxy) is 6. The molecule has 1 aliphatic heterocycles. The molecular formula is C23H28O6. The SMILES string of the molecule is COC[C@H]1Cc2cc(OC)c(OC)cc2[C@@H](c2ccc3c(c2)OCO3)[C@@H]1COC. The molecule has 2 aliphatic rings. The van der Waals surface area contributed by atoms with Gasteiger partial charge in [-0.05, 0) is 59.2 Å². The summed E-state index contributed by atoms with van der Waals surface area (Å²) in [6.07, 6.45) is 0.901. The van der Waals surface area contributed by atoms with Gasteiger partial charge in [0.25, 0.3) is 0 Å². The number of hydrogen-bond acceptors (Lipinski definition) is 6. The summed E-state index contributed by atoms with van der Waals surface area (Å²) in [5.74, 6) is 3.75. The number of fused-ring (bicyclic) bond motifs is 2. The third-order valence-electron chi connectivity index (χ3n) is 5.99. The third-order valence-corrected chi connectivity index (χ3v) is 5.99. The number of rotatable bonds is 7. The van der Waals surface area contributed by atoms with Gasteiger partial charge < -0.3 is 28.4 Å². The van der Waals surface area contributed by atoms with Gasteiger partial charge >= 0.3 is 0 Å². The van der Waals surface area contributed by atoms with E-state index in [9.17, 15) is 0 Å². The van der Waals surface area contributed by atoms with Crippen LogP contribution < -0.4 is 18.9 Å². The van der Waals surface area contributed by atoms with E-state index in [0.717, 1.165) is 29.4 Å². The van der Waals surface area contributed by atoms with Gasteiger partial charge in [-0.3, -0.25) is 0 Å². The van der Waals surface area contributed by atoms with Gasteiger partial charge in [-0.15, -0.1) is 0 Å². The highest BCUT2D eigenvalue weighted by Crippen LogP contribution is 2.48. The summed E-state index contributed by atoms with van der Waals surface area (Å²) in [6, 6.07) is 10.4. The maximum Gasteiger partial charge on any atom is 0.231 e. The average Bonchev–Trinajstić information content (AvgIpc) is 3.21. The van der Waals surface area contributed by atoms with Gasteiger partial charge in [-0.1, -0.05) is 6.07 Å². The van der Waals surface area contributed by atoms with Crippen LogP contribution in [0.3, 0.4) is 0 Å². The molecule has 1 aliphatic carbocycles. The van der Waals surface area contributed by atoms with Crippen molar-refractivity contribution in [3.8, 4) is 23.0 Å². The van der Waals surface area contributed by atoms with Crippen LogP contribution in [0.15, 0.2) is 30.3 Å². The molecule has 4 rings (SSSR count). The Balaban J connectivity index is 1.86. The highest BCUT2D eigenvalue weighted by Gasteiger charge is 2.39. The van der Waals surface area contributed by atoms with Crippen molar-refractivity contribution >= 4 is 0 Å². The predicted molar refractivity (Wildman–Crippen MR) is 108 cm³/mol. The monoisotopic (exact) mass is 400 g/mol. The Hall–Kier alpha value is -2.44. The Morgan fingerprint density at radius 3 is 2.31 bits per heavy atom. The first-order valence-electron chi connectivity index (χ1n) is 9.82.